The first-order valence-corrected chi connectivity index (χ1v) is 7.69. The number of benzene rings is 1. The predicted octanol–water partition coefficient (Wildman–Crippen LogP) is 3.46. The molecule has 0 aromatic heterocycles. The Morgan fingerprint density at radius 2 is 1.79 bits per heavy atom. The van der Waals surface area contributed by atoms with Gasteiger partial charge in [0, 0.05) is 18.6 Å². The third kappa shape index (κ3) is 5.02. The van der Waals surface area contributed by atoms with Gasteiger partial charge in [0.25, 0.3) is 0 Å². The third-order valence-electron chi connectivity index (χ3n) is 3.41. The molecule has 24 heavy (non-hydrogen) atoms. The van der Waals surface area contributed by atoms with Crippen molar-refractivity contribution in [3.8, 4) is 0 Å². The van der Waals surface area contributed by atoms with Crippen LogP contribution in [0.2, 0.25) is 0 Å². The molecule has 2 amide bonds. The van der Waals surface area contributed by atoms with Crippen LogP contribution in [0.1, 0.15) is 26.3 Å². The van der Waals surface area contributed by atoms with Gasteiger partial charge >= 0.3 is 12.2 Å². The molecular weight excluding hydrogens is 323 g/mol. The number of alkyl halides is 3. The van der Waals surface area contributed by atoms with Gasteiger partial charge in [-0.1, -0.05) is 0 Å². The second-order valence-corrected chi connectivity index (χ2v) is 6.66. The number of amides is 2. The van der Waals surface area contributed by atoms with Crippen LogP contribution < -0.4 is 15.5 Å². The maximum Gasteiger partial charge on any atom is 0.416 e. The summed E-state index contributed by atoms with van der Waals surface area (Å²) in [6.07, 6.45) is -4.47. The van der Waals surface area contributed by atoms with Crippen molar-refractivity contribution < 1.29 is 22.7 Å². The molecule has 1 aliphatic heterocycles. The van der Waals surface area contributed by atoms with Crippen LogP contribution in [-0.2, 0) is 10.9 Å². The topological polar surface area (TPSA) is 53.6 Å². The van der Waals surface area contributed by atoms with E-state index in [2.05, 4.69) is 10.6 Å². The van der Waals surface area contributed by atoms with Crippen molar-refractivity contribution in [2.24, 2.45) is 0 Å². The smallest absolute Gasteiger partial charge is 0.378 e. The summed E-state index contributed by atoms with van der Waals surface area (Å²) in [5, 5.41) is 5.23. The van der Waals surface area contributed by atoms with Crippen LogP contribution in [0.5, 0.6) is 0 Å². The van der Waals surface area contributed by atoms with E-state index in [0.717, 1.165) is 12.1 Å². The van der Waals surface area contributed by atoms with Crippen molar-refractivity contribution in [2.45, 2.75) is 32.5 Å². The molecule has 0 spiro atoms. The highest BCUT2D eigenvalue weighted by Gasteiger charge is 2.32. The summed E-state index contributed by atoms with van der Waals surface area (Å²) in [5.41, 5.74) is -0.611. The molecule has 1 aromatic carbocycles. The summed E-state index contributed by atoms with van der Waals surface area (Å²) in [7, 11) is 0. The molecule has 1 saturated heterocycles. The van der Waals surface area contributed by atoms with E-state index in [1.54, 1.807) is 20.8 Å². The van der Waals surface area contributed by atoms with Crippen LogP contribution in [0.4, 0.5) is 29.3 Å². The number of hydrogen-bond acceptors (Lipinski definition) is 3. The highest BCUT2D eigenvalue weighted by Crippen LogP contribution is 2.35. The Morgan fingerprint density at radius 3 is 2.33 bits per heavy atom. The maximum atomic E-state index is 13.0. The number of halogens is 3. The fourth-order valence-corrected chi connectivity index (χ4v) is 2.39. The van der Waals surface area contributed by atoms with E-state index in [-0.39, 0.29) is 5.69 Å². The number of morpholine rings is 1. The van der Waals surface area contributed by atoms with E-state index in [9.17, 15) is 18.0 Å². The molecule has 5 nitrogen and oxygen atoms in total. The number of anilines is 2. The first-order chi connectivity index (χ1) is 11.1. The largest absolute Gasteiger partial charge is 0.416 e. The van der Waals surface area contributed by atoms with E-state index in [4.69, 9.17) is 4.74 Å². The molecule has 0 atom stereocenters. The Kier molecular flexibility index (Phi) is 5.27. The van der Waals surface area contributed by atoms with Gasteiger partial charge in [0.1, 0.15) is 0 Å². The Balaban J connectivity index is 2.30. The van der Waals surface area contributed by atoms with Crippen molar-refractivity contribution in [3.05, 3.63) is 23.8 Å². The second kappa shape index (κ2) is 6.88. The minimum atomic E-state index is -4.47. The lowest BCUT2D eigenvalue weighted by Crippen LogP contribution is -2.43. The number of nitrogens with zero attached hydrogens (tertiary/aromatic N) is 1. The van der Waals surface area contributed by atoms with Crippen LogP contribution in [0.3, 0.4) is 0 Å². The molecule has 8 heteroatoms. The van der Waals surface area contributed by atoms with E-state index in [1.165, 1.54) is 6.07 Å². The zero-order chi connectivity index (χ0) is 18.0. The Labute approximate surface area is 139 Å². The van der Waals surface area contributed by atoms with Crippen molar-refractivity contribution in [1.29, 1.82) is 0 Å². The maximum absolute atomic E-state index is 13.0. The zero-order valence-electron chi connectivity index (χ0n) is 14.0. The van der Waals surface area contributed by atoms with E-state index in [0.29, 0.717) is 32.0 Å². The zero-order valence-corrected chi connectivity index (χ0v) is 14.0. The molecular formula is C16H22F3N3O2. The molecule has 2 rings (SSSR count). The first kappa shape index (κ1) is 18.4. The molecule has 0 saturated carbocycles. The number of carbonyl (C=O) groups is 1. The highest BCUT2D eigenvalue weighted by atomic mass is 19.4. The van der Waals surface area contributed by atoms with Gasteiger partial charge in [-0.2, -0.15) is 13.2 Å². The van der Waals surface area contributed by atoms with Crippen LogP contribution >= 0.6 is 0 Å². The van der Waals surface area contributed by atoms with Gasteiger partial charge in [0.2, 0.25) is 0 Å². The molecule has 1 heterocycles. The lowest BCUT2D eigenvalue weighted by atomic mass is 10.1. The standard InChI is InChI=1S/C16H22F3N3O2/c1-15(2,3)21-14(23)20-12-10-11(16(17,18)19)4-5-13(12)22-6-8-24-9-7-22/h4-5,10H,6-9H2,1-3H3,(H2,20,21,23). The van der Waals surface area contributed by atoms with Crippen molar-refractivity contribution >= 4 is 17.4 Å². The summed E-state index contributed by atoms with van der Waals surface area (Å²) in [6, 6.07) is 2.84. The number of nitrogens with one attached hydrogen (secondary N) is 2. The Bertz CT molecular complexity index is 591. The average molecular weight is 345 g/mol. The summed E-state index contributed by atoms with van der Waals surface area (Å²) >= 11 is 0. The van der Waals surface area contributed by atoms with Gasteiger partial charge in [-0.15, -0.1) is 0 Å². The summed E-state index contributed by atoms with van der Waals surface area (Å²) < 4.78 is 44.2. The molecule has 134 valence electrons. The van der Waals surface area contributed by atoms with Crippen LogP contribution in [0.25, 0.3) is 0 Å². The van der Waals surface area contributed by atoms with Gasteiger partial charge in [-0.25, -0.2) is 4.79 Å². The minimum absolute atomic E-state index is 0.133. The van der Waals surface area contributed by atoms with Gasteiger partial charge in [-0.05, 0) is 39.0 Å². The highest BCUT2D eigenvalue weighted by molar-refractivity contribution is 5.93. The molecule has 0 unspecified atom stereocenters. The summed E-state index contributed by atoms with van der Waals surface area (Å²) in [6.45, 7) is 7.48. The van der Waals surface area contributed by atoms with Gasteiger partial charge in [-0.3, -0.25) is 0 Å². The molecule has 0 bridgehead atoms. The number of ether oxygens (including phenoxy) is 1. The Hall–Kier alpha value is -1.96. The monoisotopic (exact) mass is 345 g/mol. The number of urea groups is 1. The number of rotatable bonds is 2. The van der Waals surface area contributed by atoms with Crippen molar-refractivity contribution in [1.82, 2.24) is 5.32 Å². The van der Waals surface area contributed by atoms with Gasteiger partial charge in [0.15, 0.2) is 0 Å². The quantitative estimate of drug-likeness (QED) is 0.863. The van der Waals surface area contributed by atoms with Gasteiger partial charge < -0.3 is 20.3 Å². The molecule has 1 fully saturated rings. The first-order valence-electron chi connectivity index (χ1n) is 7.69. The molecule has 0 radical (unpaired) electrons. The van der Waals surface area contributed by atoms with Crippen molar-refractivity contribution in [3.63, 3.8) is 0 Å². The van der Waals surface area contributed by atoms with E-state index in [1.807, 2.05) is 4.90 Å². The van der Waals surface area contributed by atoms with E-state index < -0.39 is 23.3 Å². The third-order valence-corrected chi connectivity index (χ3v) is 3.41. The molecule has 1 aromatic rings. The lowest BCUT2D eigenvalue weighted by molar-refractivity contribution is -0.137. The number of carbonyl (C=O) groups excluding carboxylic acids is 1. The SMILES string of the molecule is CC(C)(C)NC(=O)Nc1cc(C(F)(F)F)ccc1N1CCOCC1. The average Bonchev–Trinajstić information content (AvgIpc) is 2.45. The minimum Gasteiger partial charge on any atom is -0.378 e. The number of hydrogen-bond donors (Lipinski definition) is 2. The predicted molar refractivity (Wildman–Crippen MR) is 86.4 cm³/mol. The molecule has 2 N–H and O–H groups in total. The normalized spacial score (nSPS) is 16.0. The van der Waals surface area contributed by atoms with Crippen LogP contribution in [0.15, 0.2) is 18.2 Å². The lowest BCUT2D eigenvalue weighted by Gasteiger charge is -2.31. The second-order valence-electron chi connectivity index (χ2n) is 6.66. The van der Waals surface area contributed by atoms with Gasteiger partial charge in [0.05, 0.1) is 30.2 Å². The van der Waals surface area contributed by atoms with Crippen LogP contribution in [-0.4, -0.2) is 37.9 Å². The van der Waals surface area contributed by atoms with E-state index >= 15 is 0 Å². The van der Waals surface area contributed by atoms with Crippen molar-refractivity contribution in [2.75, 3.05) is 36.5 Å². The molecule has 1 aliphatic rings. The molecule has 0 aliphatic carbocycles. The summed E-state index contributed by atoms with van der Waals surface area (Å²) in [4.78, 5) is 14.0. The Morgan fingerprint density at radius 1 is 1.17 bits per heavy atom. The fraction of sp³-hybridized carbons (Fsp3) is 0.562. The van der Waals surface area contributed by atoms with Crippen LogP contribution in [0, 0.1) is 0 Å². The summed E-state index contributed by atoms with van der Waals surface area (Å²) in [5.74, 6) is 0. The fourth-order valence-electron chi connectivity index (χ4n) is 2.39.